The van der Waals surface area contributed by atoms with Crippen LogP contribution >= 0.6 is 11.8 Å². The van der Waals surface area contributed by atoms with E-state index in [4.69, 9.17) is 0 Å². The second-order valence-corrected chi connectivity index (χ2v) is 5.40. The molecule has 0 saturated carbocycles. The van der Waals surface area contributed by atoms with Crippen molar-refractivity contribution in [1.82, 2.24) is 0 Å². The lowest BCUT2D eigenvalue weighted by atomic mass is 10.2. The molecule has 0 amide bonds. The van der Waals surface area contributed by atoms with Gasteiger partial charge in [-0.25, -0.2) is 0 Å². The fraction of sp³-hybridized carbons (Fsp3) is 0.200. The topological polar surface area (TPSA) is 0 Å². The second-order valence-electron chi connectivity index (χ2n) is 3.98. The van der Waals surface area contributed by atoms with Crippen LogP contribution in [0.15, 0.2) is 59.5 Å². The van der Waals surface area contributed by atoms with Crippen molar-refractivity contribution in [2.75, 3.05) is 0 Å². The molecule has 16 heavy (non-hydrogen) atoms. The van der Waals surface area contributed by atoms with Gasteiger partial charge in [0.2, 0.25) is 0 Å². The molecule has 0 fully saturated rings. The van der Waals surface area contributed by atoms with Gasteiger partial charge in [-0.2, -0.15) is 0 Å². The Morgan fingerprint density at radius 2 is 1.50 bits per heavy atom. The highest BCUT2D eigenvalue weighted by Gasteiger charge is 2.06. The standard InChI is InChI=1S/C15H16S/c1-12-8-10-15(11-9-12)16-13(2)14-6-4-3-5-7-14/h3-11,13H,1-2H3/t13-/m1/s1. The van der Waals surface area contributed by atoms with Crippen molar-refractivity contribution in [2.24, 2.45) is 0 Å². The molecule has 0 spiro atoms. The summed E-state index contributed by atoms with van der Waals surface area (Å²) in [6.45, 7) is 4.37. The minimum absolute atomic E-state index is 0.504. The Morgan fingerprint density at radius 3 is 2.12 bits per heavy atom. The lowest BCUT2D eigenvalue weighted by molar-refractivity contribution is 1.09. The first-order valence-corrected chi connectivity index (χ1v) is 6.42. The SMILES string of the molecule is Cc1ccc(S[C@H](C)c2ccccc2)cc1. The number of thioether (sulfide) groups is 1. The molecule has 82 valence electrons. The number of hydrogen-bond acceptors (Lipinski definition) is 1. The van der Waals surface area contributed by atoms with Gasteiger partial charge in [0.05, 0.1) is 0 Å². The lowest BCUT2D eigenvalue weighted by Gasteiger charge is -2.11. The largest absolute Gasteiger partial charge is 0.118 e. The summed E-state index contributed by atoms with van der Waals surface area (Å²) in [5.74, 6) is 0. The van der Waals surface area contributed by atoms with E-state index in [9.17, 15) is 0 Å². The maximum atomic E-state index is 2.25. The van der Waals surface area contributed by atoms with Gasteiger partial charge in [0.1, 0.15) is 0 Å². The molecule has 0 heterocycles. The number of hydrogen-bond donors (Lipinski definition) is 0. The van der Waals surface area contributed by atoms with Crippen molar-refractivity contribution in [2.45, 2.75) is 24.0 Å². The van der Waals surface area contributed by atoms with Gasteiger partial charge in [-0.3, -0.25) is 0 Å². The summed E-state index contributed by atoms with van der Waals surface area (Å²) in [6.07, 6.45) is 0. The molecule has 0 bridgehead atoms. The van der Waals surface area contributed by atoms with Crippen LogP contribution < -0.4 is 0 Å². The molecule has 0 radical (unpaired) electrons. The summed E-state index contributed by atoms with van der Waals surface area (Å²) in [4.78, 5) is 1.34. The summed E-state index contributed by atoms with van der Waals surface area (Å²) in [6, 6.07) is 19.4. The molecule has 0 aromatic heterocycles. The smallest absolute Gasteiger partial charge is 0.0316 e. The monoisotopic (exact) mass is 228 g/mol. The zero-order valence-electron chi connectivity index (χ0n) is 9.68. The van der Waals surface area contributed by atoms with Gasteiger partial charge in [0, 0.05) is 10.1 Å². The maximum absolute atomic E-state index is 2.25. The normalized spacial score (nSPS) is 12.4. The lowest BCUT2D eigenvalue weighted by Crippen LogP contribution is -1.87. The van der Waals surface area contributed by atoms with E-state index in [0.29, 0.717) is 5.25 Å². The van der Waals surface area contributed by atoms with Crippen LogP contribution in [0, 0.1) is 6.92 Å². The summed E-state index contributed by atoms with van der Waals surface area (Å²) in [7, 11) is 0. The van der Waals surface area contributed by atoms with Crippen molar-refractivity contribution in [3.05, 3.63) is 65.7 Å². The van der Waals surface area contributed by atoms with Crippen molar-refractivity contribution in [1.29, 1.82) is 0 Å². The molecule has 1 heteroatoms. The van der Waals surface area contributed by atoms with Crippen LogP contribution in [0.25, 0.3) is 0 Å². The number of benzene rings is 2. The van der Waals surface area contributed by atoms with E-state index in [-0.39, 0.29) is 0 Å². The zero-order chi connectivity index (χ0) is 11.4. The van der Waals surface area contributed by atoms with Crippen LogP contribution in [0.2, 0.25) is 0 Å². The van der Waals surface area contributed by atoms with Crippen molar-refractivity contribution >= 4 is 11.8 Å². The summed E-state index contributed by atoms with van der Waals surface area (Å²) in [5.41, 5.74) is 2.70. The molecule has 0 saturated heterocycles. The fourth-order valence-corrected chi connectivity index (χ4v) is 2.61. The number of aryl methyl sites for hydroxylation is 1. The highest BCUT2D eigenvalue weighted by molar-refractivity contribution is 7.99. The van der Waals surface area contributed by atoms with E-state index in [1.54, 1.807) is 0 Å². The average molecular weight is 228 g/mol. The van der Waals surface area contributed by atoms with E-state index in [0.717, 1.165) is 0 Å². The predicted molar refractivity (Wildman–Crippen MR) is 71.9 cm³/mol. The fourth-order valence-electron chi connectivity index (χ4n) is 1.61. The van der Waals surface area contributed by atoms with Gasteiger partial charge in [-0.15, -0.1) is 11.8 Å². The molecule has 1 atom stereocenters. The van der Waals surface area contributed by atoms with Crippen LogP contribution in [0.1, 0.15) is 23.3 Å². The van der Waals surface area contributed by atoms with Crippen molar-refractivity contribution in [3.63, 3.8) is 0 Å². The first-order valence-electron chi connectivity index (χ1n) is 5.54. The molecule has 0 N–H and O–H groups in total. The van der Waals surface area contributed by atoms with Gasteiger partial charge in [-0.05, 0) is 31.5 Å². The quantitative estimate of drug-likeness (QED) is 0.677. The third kappa shape index (κ3) is 2.89. The van der Waals surface area contributed by atoms with Crippen LogP contribution in [0.5, 0.6) is 0 Å². The minimum Gasteiger partial charge on any atom is -0.118 e. The van der Waals surface area contributed by atoms with Crippen LogP contribution in [0.4, 0.5) is 0 Å². The average Bonchev–Trinajstić information content (AvgIpc) is 2.33. The predicted octanol–water partition coefficient (Wildman–Crippen LogP) is 4.85. The van der Waals surface area contributed by atoms with E-state index >= 15 is 0 Å². The highest BCUT2D eigenvalue weighted by Crippen LogP contribution is 2.34. The van der Waals surface area contributed by atoms with Crippen molar-refractivity contribution in [3.8, 4) is 0 Å². The van der Waals surface area contributed by atoms with Crippen LogP contribution in [0.3, 0.4) is 0 Å². The van der Waals surface area contributed by atoms with Gasteiger partial charge >= 0.3 is 0 Å². The van der Waals surface area contributed by atoms with Gasteiger partial charge in [0.25, 0.3) is 0 Å². The minimum atomic E-state index is 0.504. The molecular weight excluding hydrogens is 212 g/mol. The molecule has 0 nitrogen and oxygen atoms in total. The van der Waals surface area contributed by atoms with E-state index in [1.807, 2.05) is 11.8 Å². The van der Waals surface area contributed by atoms with Gasteiger partial charge < -0.3 is 0 Å². The molecule has 2 aromatic carbocycles. The second kappa shape index (κ2) is 5.22. The first-order chi connectivity index (χ1) is 7.75. The highest BCUT2D eigenvalue weighted by atomic mass is 32.2. The third-order valence-corrected chi connectivity index (χ3v) is 3.77. The molecule has 0 unspecified atom stereocenters. The molecule has 2 rings (SSSR count). The Bertz CT molecular complexity index is 431. The maximum Gasteiger partial charge on any atom is 0.0316 e. The Morgan fingerprint density at radius 1 is 0.875 bits per heavy atom. The Hall–Kier alpha value is -1.21. The van der Waals surface area contributed by atoms with Gasteiger partial charge in [0.15, 0.2) is 0 Å². The van der Waals surface area contributed by atoms with E-state index in [2.05, 4.69) is 68.4 Å². The van der Waals surface area contributed by atoms with Crippen LogP contribution in [-0.4, -0.2) is 0 Å². The van der Waals surface area contributed by atoms with E-state index in [1.165, 1.54) is 16.0 Å². The summed E-state index contributed by atoms with van der Waals surface area (Å²) < 4.78 is 0. The third-order valence-electron chi connectivity index (χ3n) is 2.60. The number of rotatable bonds is 3. The molecule has 0 aliphatic heterocycles. The summed E-state index contributed by atoms with van der Waals surface area (Å²) in [5, 5.41) is 0.504. The van der Waals surface area contributed by atoms with E-state index < -0.39 is 0 Å². The Balaban J connectivity index is 2.08. The molecule has 0 aliphatic rings. The molecule has 0 aliphatic carbocycles. The van der Waals surface area contributed by atoms with Gasteiger partial charge in [-0.1, -0.05) is 48.0 Å². The first kappa shape index (κ1) is 11.3. The zero-order valence-corrected chi connectivity index (χ0v) is 10.5. The van der Waals surface area contributed by atoms with Crippen LogP contribution in [-0.2, 0) is 0 Å². The van der Waals surface area contributed by atoms with Crippen molar-refractivity contribution < 1.29 is 0 Å². The molecule has 2 aromatic rings. The Kier molecular flexibility index (Phi) is 3.68. The molecular formula is C15H16S. The summed E-state index contributed by atoms with van der Waals surface area (Å²) >= 11 is 1.91. The Labute approximate surface area is 102 Å².